The molecule has 2 aliphatic rings. The molecule has 132 valence electrons. The zero-order valence-corrected chi connectivity index (χ0v) is 15.0. The first kappa shape index (κ1) is 17.4. The third-order valence-electron chi connectivity index (χ3n) is 5.29. The van der Waals surface area contributed by atoms with Gasteiger partial charge in [-0.25, -0.2) is 12.7 Å². The van der Waals surface area contributed by atoms with E-state index in [-0.39, 0.29) is 18.4 Å². The Morgan fingerprint density at radius 2 is 2.00 bits per heavy atom. The summed E-state index contributed by atoms with van der Waals surface area (Å²) in [6, 6.07) is 9.79. The van der Waals surface area contributed by atoms with Gasteiger partial charge in [0.2, 0.25) is 15.9 Å². The fourth-order valence-electron chi connectivity index (χ4n) is 3.97. The third-order valence-corrected chi connectivity index (χ3v) is 6.51. The molecule has 1 spiro atoms. The Balaban J connectivity index is 1.95. The van der Waals surface area contributed by atoms with Gasteiger partial charge in [0.05, 0.1) is 18.3 Å². The third kappa shape index (κ3) is 2.96. The molecule has 0 aliphatic carbocycles. The molecule has 2 saturated heterocycles. The van der Waals surface area contributed by atoms with Crippen LogP contribution in [-0.2, 0) is 19.6 Å². The summed E-state index contributed by atoms with van der Waals surface area (Å²) >= 11 is 0. The number of sulfonamides is 1. The maximum Gasteiger partial charge on any atom is 0.230 e. The monoisotopic (exact) mass is 352 g/mol. The quantitative estimate of drug-likeness (QED) is 0.790. The number of nitrogens with zero attached hydrogens (tertiary/aromatic N) is 2. The Hall–Kier alpha value is -1.44. The second-order valence-electron chi connectivity index (χ2n) is 6.71. The number of rotatable bonds is 5. The maximum absolute atomic E-state index is 13.1. The Morgan fingerprint density at radius 3 is 2.62 bits per heavy atom. The molecule has 2 heterocycles. The van der Waals surface area contributed by atoms with E-state index in [2.05, 4.69) is 0 Å². The number of methoxy groups -OCH3 is 1. The fraction of sp³-hybridized carbons (Fsp3) is 0.588. The molecule has 1 aromatic rings. The van der Waals surface area contributed by atoms with Crippen LogP contribution in [0.4, 0.5) is 0 Å². The van der Waals surface area contributed by atoms with Gasteiger partial charge in [0.25, 0.3) is 0 Å². The van der Waals surface area contributed by atoms with E-state index in [1.807, 2.05) is 35.2 Å². The molecule has 3 rings (SSSR count). The highest BCUT2D eigenvalue weighted by Crippen LogP contribution is 2.50. The summed E-state index contributed by atoms with van der Waals surface area (Å²) in [4.78, 5) is 15.0. The van der Waals surface area contributed by atoms with Gasteiger partial charge in [-0.2, -0.15) is 0 Å². The number of amides is 1. The van der Waals surface area contributed by atoms with Crippen LogP contribution in [-0.4, -0.2) is 69.7 Å². The van der Waals surface area contributed by atoms with Gasteiger partial charge in [0, 0.05) is 39.2 Å². The van der Waals surface area contributed by atoms with E-state index < -0.39 is 15.4 Å². The van der Waals surface area contributed by atoms with Crippen molar-refractivity contribution in [3.63, 3.8) is 0 Å². The van der Waals surface area contributed by atoms with Crippen molar-refractivity contribution in [1.82, 2.24) is 9.21 Å². The van der Waals surface area contributed by atoms with E-state index in [9.17, 15) is 13.2 Å². The lowest BCUT2D eigenvalue weighted by molar-refractivity contribution is -0.136. The lowest BCUT2D eigenvalue weighted by Gasteiger charge is -2.29. The number of likely N-dealkylation sites (tertiary alicyclic amines) is 1. The number of hydrogen-bond donors (Lipinski definition) is 0. The fourth-order valence-corrected chi connectivity index (χ4v) is 4.86. The van der Waals surface area contributed by atoms with E-state index in [0.29, 0.717) is 32.7 Å². The predicted octanol–water partition coefficient (Wildman–Crippen LogP) is 0.911. The van der Waals surface area contributed by atoms with E-state index in [4.69, 9.17) is 4.74 Å². The molecule has 2 aliphatic heterocycles. The molecule has 0 aromatic heterocycles. The highest BCUT2D eigenvalue weighted by molar-refractivity contribution is 7.88. The summed E-state index contributed by atoms with van der Waals surface area (Å²) in [7, 11) is -1.71. The molecule has 24 heavy (non-hydrogen) atoms. The van der Waals surface area contributed by atoms with E-state index in [1.165, 1.54) is 10.6 Å². The molecule has 7 heteroatoms. The molecule has 0 bridgehead atoms. The van der Waals surface area contributed by atoms with Crippen molar-refractivity contribution in [3.05, 3.63) is 35.9 Å². The Kier molecular flexibility index (Phi) is 4.68. The molecule has 2 atom stereocenters. The second kappa shape index (κ2) is 6.46. The number of carbonyl (C=O) groups is 1. The average Bonchev–Trinajstić information content (AvgIpc) is 3.10. The molecular weight excluding hydrogens is 328 g/mol. The van der Waals surface area contributed by atoms with E-state index >= 15 is 0 Å². The molecule has 1 aromatic carbocycles. The van der Waals surface area contributed by atoms with Gasteiger partial charge in [-0.15, -0.1) is 0 Å². The summed E-state index contributed by atoms with van der Waals surface area (Å²) in [5.41, 5.74) is 0.378. The van der Waals surface area contributed by atoms with Crippen molar-refractivity contribution in [2.75, 3.05) is 46.2 Å². The van der Waals surface area contributed by atoms with Crippen LogP contribution in [0.25, 0.3) is 0 Å². The summed E-state index contributed by atoms with van der Waals surface area (Å²) < 4.78 is 30.7. The molecular formula is C17H24N2O4S. The van der Waals surface area contributed by atoms with E-state index in [1.54, 1.807) is 7.11 Å². The predicted molar refractivity (Wildman–Crippen MR) is 91.1 cm³/mol. The van der Waals surface area contributed by atoms with Crippen LogP contribution in [0.15, 0.2) is 30.3 Å². The van der Waals surface area contributed by atoms with Crippen molar-refractivity contribution in [2.45, 2.75) is 12.3 Å². The van der Waals surface area contributed by atoms with Crippen LogP contribution in [0.3, 0.4) is 0 Å². The standard InChI is InChI=1S/C17H24N2O4S/c1-23-11-10-18-9-8-17(16(18)20)13-19(24(2,21)22)12-15(17)14-6-4-3-5-7-14/h3-7,15H,8-13H2,1-2H3/t15-,17+/m1/s1. The van der Waals surface area contributed by atoms with Gasteiger partial charge < -0.3 is 9.64 Å². The normalized spacial score (nSPS) is 28.2. The summed E-state index contributed by atoms with van der Waals surface area (Å²) in [6.07, 6.45) is 1.90. The zero-order chi connectivity index (χ0) is 17.4. The van der Waals surface area contributed by atoms with Gasteiger partial charge in [-0.1, -0.05) is 30.3 Å². The van der Waals surface area contributed by atoms with Crippen LogP contribution >= 0.6 is 0 Å². The zero-order valence-electron chi connectivity index (χ0n) is 14.1. The number of hydrogen-bond acceptors (Lipinski definition) is 4. The summed E-state index contributed by atoms with van der Waals surface area (Å²) in [6.45, 7) is 2.34. The molecule has 0 saturated carbocycles. The minimum absolute atomic E-state index is 0.0551. The molecule has 1 amide bonds. The lowest BCUT2D eigenvalue weighted by atomic mass is 9.73. The van der Waals surface area contributed by atoms with Crippen LogP contribution < -0.4 is 0 Å². The van der Waals surface area contributed by atoms with Crippen molar-refractivity contribution < 1.29 is 17.9 Å². The van der Waals surface area contributed by atoms with Gasteiger partial charge in [-0.05, 0) is 12.0 Å². The van der Waals surface area contributed by atoms with Crippen molar-refractivity contribution in [1.29, 1.82) is 0 Å². The largest absolute Gasteiger partial charge is 0.383 e. The number of benzene rings is 1. The Morgan fingerprint density at radius 1 is 1.29 bits per heavy atom. The number of carbonyl (C=O) groups excluding carboxylic acids is 1. The highest BCUT2D eigenvalue weighted by Gasteiger charge is 2.58. The first-order valence-corrected chi connectivity index (χ1v) is 10.0. The minimum Gasteiger partial charge on any atom is -0.383 e. The summed E-state index contributed by atoms with van der Waals surface area (Å²) in [5.74, 6) is -0.0481. The van der Waals surface area contributed by atoms with Crippen LogP contribution in [0, 0.1) is 5.41 Å². The van der Waals surface area contributed by atoms with Crippen LogP contribution in [0.5, 0.6) is 0 Å². The second-order valence-corrected chi connectivity index (χ2v) is 8.69. The van der Waals surface area contributed by atoms with Crippen molar-refractivity contribution in [2.24, 2.45) is 5.41 Å². The summed E-state index contributed by atoms with van der Waals surface area (Å²) in [5, 5.41) is 0. The van der Waals surface area contributed by atoms with Crippen molar-refractivity contribution >= 4 is 15.9 Å². The first-order chi connectivity index (χ1) is 11.4. The molecule has 0 N–H and O–H groups in total. The average molecular weight is 352 g/mol. The smallest absolute Gasteiger partial charge is 0.230 e. The number of ether oxygens (including phenoxy) is 1. The maximum atomic E-state index is 13.1. The minimum atomic E-state index is -3.33. The topological polar surface area (TPSA) is 66.9 Å². The van der Waals surface area contributed by atoms with Gasteiger partial charge >= 0.3 is 0 Å². The van der Waals surface area contributed by atoms with Gasteiger partial charge in [0.15, 0.2) is 0 Å². The van der Waals surface area contributed by atoms with Crippen molar-refractivity contribution in [3.8, 4) is 0 Å². The molecule has 2 fully saturated rings. The molecule has 6 nitrogen and oxygen atoms in total. The SMILES string of the molecule is COCCN1CC[C@@]2(CN(S(C)(=O)=O)C[C@@H]2c2ccccc2)C1=O. The first-order valence-electron chi connectivity index (χ1n) is 8.17. The van der Waals surface area contributed by atoms with Gasteiger partial charge in [0.1, 0.15) is 0 Å². The molecule has 0 radical (unpaired) electrons. The highest BCUT2D eigenvalue weighted by atomic mass is 32.2. The van der Waals surface area contributed by atoms with Crippen LogP contribution in [0.1, 0.15) is 17.9 Å². The van der Waals surface area contributed by atoms with E-state index in [0.717, 1.165) is 5.56 Å². The lowest BCUT2D eigenvalue weighted by Crippen LogP contribution is -2.41. The Bertz CT molecular complexity index is 707. The Labute approximate surface area is 143 Å². The van der Waals surface area contributed by atoms with Crippen LogP contribution in [0.2, 0.25) is 0 Å². The van der Waals surface area contributed by atoms with Gasteiger partial charge in [-0.3, -0.25) is 4.79 Å². The molecule has 0 unspecified atom stereocenters.